The molecule has 7 heteroatoms. The zero-order chi connectivity index (χ0) is 23.4. The average Bonchev–Trinajstić information content (AvgIpc) is 2.66. The molecule has 0 radical (unpaired) electrons. The molecule has 0 atom stereocenters. The summed E-state index contributed by atoms with van der Waals surface area (Å²) in [4.78, 5) is 33.4. The molecule has 0 aliphatic carbocycles. The molecule has 0 aliphatic rings. The first-order valence-electron chi connectivity index (χ1n) is 12.0. The van der Waals surface area contributed by atoms with E-state index in [-0.39, 0.29) is 6.54 Å². The number of hydrogen-bond donors (Lipinski definition) is 3. The van der Waals surface area contributed by atoms with Crippen LogP contribution in [0.25, 0.3) is 0 Å². The number of carboxylic acids is 3. The molecule has 0 rings (SSSR count). The minimum Gasteiger partial charge on any atom is -0.477 e. The molecule has 31 heavy (non-hydrogen) atoms. The lowest BCUT2D eigenvalue weighted by molar-refractivity contribution is -0.907. The summed E-state index contributed by atoms with van der Waals surface area (Å²) in [7, 11) is 0. The van der Waals surface area contributed by atoms with Crippen molar-refractivity contribution in [1.82, 2.24) is 0 Å². The number of rotatable bonds is 22. The quantitative estimate of drug-likeness (QED) is 0.122. The highest BCUT2D eigenvalue weighted by molar-refractivity contribution is 5.73. The van der Waals surface area contributed by atoms with Gasteiger partial charge in [-0.15, -0.1) is 0 Å². The van der Waals surface area contributed by atoms with Gasteiger partial charge < -0.3 is 15.3 Å². The maximum atomic E-state index is 11.1. The second-order valence-electron chi connectivity index (χ2n) is 8.66. The molecule has 0 heterocycles. The fourth-order valence-corrected chi connectivity index (χ4v) is 3.95. The molecule has 180 valence electrons. The van der Waals surface area contributed by atoms with Crippen molar-refractivity contribution in [3.8, 4) is 0 Å². The Morgan fingerprint density at radius 1 is 0.581 bits per heavy atom. The Hall–Kier alpha value is -1.89. The lowest BCUT2D eigenvalue weighted by atomic mass is 10.1. The van der Waals surface area contributed by atoms with Crippen LogP contribution in [0.1, 0.15) is 96.8 Å². The highest BCUT2D eigenvalue weighted by atomic mass is 16.4. The van der Waals surface area contributed by atoms with E-state index in [0.717, 1.165) is 19.3 Å². The minimum absolute atomic E-state index is 0.262. The summed E-state index contributed by atoms with van der Waals surface area (Å²) in [5.74, 6) is -3.51. The maximum Gasteiger partial charge on any atom is 0.359 e. The lowest BCUT2D eigenvalue weighted by Crippen LogP contribution is -2.57. The van der Waals surface area contributed by atoms with Gasteiger partial charge in [0.2, 0.25) is 0 Å². The van der Waals surface area contributed by atoms with E-state index in [9.17, 15) is 14.4 Å². The van der Waals surface area contributed by atoms with Crippen molar-refractivity contribution in [2.24, 2.45) is 0 Å². The van der Waals surface area contributed by atoms with Gasteiger partial charge in [0, 0.05) is 0 Å². The smallest absolute Gasteiger partial charge is 0.359 e. The second kappa shape index (κ2) is 18.8. The number of hydrogen-bond acceptors (Lipinski definition) is 3. The highest BCUT2D eigenvalue weighted by Crippen LogP contribution is 2.14. The molecule has 0 bridgehead atoms. The Labute approximate surface area is 187 Å². The summed E-state index contributed by atoms with van der Waals surface area (Å²) in [5, 5.41) is 27.3. The van der Waals surface area contributed by atoms with Crippen molar-refractivity contribution in [1.29, 1.82) is 0 Å². The normalized spacial score (nSPS) is 11.8. The first-order valence-corrected chi connectivity index (χ1v) is 12.0. The Balaban J connectivity index is 3.87. The highest BCUT2D eigenvalue weighted by Gasteiger charge is 2.35. The van der Waals surface area contributed by atoms with Gasteiger partial charge in [-0.1, -0.05) is 76.9 Å². The van der Waals surface area contributed by atoms with Crippen LogP contribution in [-0.2, 0) is 14.4 Å². The van der Waals surface area contributed by atoms with Crippen LogP contribution in [0.5, 0.6) is 0 Å². The van der Waals surface area contributed by atoms with E-state index >= 15 is 0 Å². The third-order valence-electron chi connectivity index (χ3n) is 5.56. The molecule has 0 aromatic rings. The van der Waals surface area contributed by atoms with Crippen LogP contribution in [-0.4, -0.2) is 63.9 Å². The monoisotopic (exact) mass is 442 g/mol. The summed E-state index contributed by atoms with van der Waals surface area (Å²) in [6, 6.07) is 0. The topological polar surface area (TPSA) is 112 Å². The molecule has 0 unspecified atom stereocenters. The van der Waals surface area contributed by atoms with Crippen molar-refractivity contribution in [2.75, 3.05) is 26.2 Å². The number of unbranched alkanes of at least 4 members (excludes halogenated alkanes) is 12. The van der Waals surface area contributed by atoms with Crippen LogP contribution >= 0.6 is 0 Å². The third-order valence-corrected chi connectivity index (χ3v) is 5.56. The number of allylic oxidation sites excluding steroid dienone is 2. The molecule has 3 N–H and O–H groups in total. The van der Waals surface area contributed by atoms with Gasteiger partial charge in [-0.3, -0.25) is 4.48 Å². The number of nitrogens with zero attached hydrogens (tertiary/aromatic N) is 1. The Bertz CT molecular complexity index is 491. The fourth-order valence-electron chi connectivity index (χ4n) is 3.95. The van der Waals surface area contributed by atoms with Gasteiger partial charge in [0.1, 0.15) is 0 Å². The van der Waals surface area contributed by atoms with Crippen molar-refractivity contribution in [3.63, 3.8) is 0 Å². The predicted octanol–water partition coefficient (Wildman–Crippen LogP) is 5.09. The Morgan fingerprint density at radius 3 is 1.32 bits per heavy atom. The van der Waals surface area contributed by atoms with E-state index in [4.69, 9.17) is 15.3 Å². The standard InChI is InChI=1S/C24H43NO6/c1-2-3-4-5-6-7-8-9-10-11-12-13-14-15-16-17-18-25(19-22(26)27,20-23(28)29)21-24(30)31/h5-6H,2-4,7-21H2,1H3,(H2-,26,27,28,29,30,31)/p+1/b6-5+. The van der Waals surface area contributed by atoms with Crippen molar-refractivity contribution in [3.05, 3.63) is 12.2 Å². The molecule has 0 aromatic carbocycles. The molecule has 0 saturated carbocycles. The molecule has 0 aromatic heterocycles. The largest absolute Gasteiger partial charge is 0.477 e. The lowest BCUT2D eigenvalue weighted by Gasteiger charge is -2.34. The van der Waals surface area contributed by atoms with E-state index in [0.29, 0.717) is 6.42 Å². The Morgan fingerprint density at radius 2 is 0.935 bits per heavy atom. The van der Waals surface area contributed by atoms with Gasteiger partial charge in [-0.2, -0.15) is 0 Å². The SMILES string of the molecule is CCCC/C=C/CCCCCCCCCCCC[N+](CC(=O)O)(CC(=O)O)CC(=O)O. The maximum absolute atomic E-state index is 11.1. The van der Waals surface area contributed by atoms with E-state index in [1.54, 1.807) is 0 Å². The van der Waals surface area contributed by atoms with Gasteiger partial charge in [0.15, 0.2) is 19.6 Å². The van der Waals surface area contributed by atoms with Gasteiger partial charge in [-0.25, -0.2) is 14.4 Å². The van der Waals surface area contributed by atoms with Crippen LogP contribution < -0.4 is 0 Å². The number of quaternary nitrogens is 1. The summed E-state index contributed by atoms with van der Waals surface area (Å²) in [5.41, 5.74) is 0. The van der Waals surface area contributed by atoms with Gasteiger partial charge in [0.05, 0.1) is 6.54 Å². The first kappa shape index (κ1) is 29.1. The van der Waals surface area contributed by atoms with Crippen LogP contribution in [0.15, 0.2) is 12.2 Å². The van der Waals surface area contributed by atoms with Crippen molar-refractivity contribution < 1.29 is 34.2 Å². The van der Waals surface area contributed by atoms with E-state index in [1.807, 2.05) is 0 Å². The fraction of sp³-hybridized carbons (Fsp3) is 0.792. The molecule has 0 aliphatic heterocycles. The van der Waals surface area contributed by atoms with Gasteiger partial charge in [0.25, 0.3) is 0 Å². The first-order chi connectivity index (χ1) is 14.8. The number of carbonyl (C=O) groups is 3. The Kier molecular flexibility index (Phi) is 17.7. The van der Waals surface area contributed by atoms with Crippen molar-refractivity contribution >= 4 is 17.9 Å². The van der Waals surface area contributed by atoms with Gasteiger partial charge >= 0.3 is 17.9 Å². The van der Waals surface area contributed by atoms with Crippen LogP contribution in [0.4, 0.5) is 0 Å². The summed E-state index contributed by atoms with van der Waals surface area (Å²) < 4.78 is -0.437. The molecule has 0 amide bonds. The van der Waals surface area contributed by atoms with Crippen LogP contribution in [0, 0.1) is 0 Å². The molecular weight excluding hydrogens is 398 g/mol. The zero-order valence-electron chi connectivity index (χ0n) is 19.4. The molecular formula is C24H44NO6+. The summed E-state index contributed by atoms with van der Waals surface area (Å²) in [6.45, 7) is 1.04. The van der Waals surface area contributed by atoms with E-state index < -0.39 is 42.0 Å². The van der Waals surface area contributed by atoms with Gasteiger partial charge in [-0.05, 0) is 32.1 Å². The molecule has 7 nitrogen and oxygen atoms in total. The van der Waals surface area contributed by atoms with Crippen LogP contribution in [0.2, 0.25) is 0 Å². The predicted molar refractivity (Wildman–Crippen MR) is 122 cm³/mol. The summed E-state index contributed by atoms with van der Waals surface area (Å²) >= 11 is 0. The number of carboxylic acid groups (broad SMARTS) is 3. The van der Waals surface area contributed by atoms with Crippen molar-refractivity contribution in [2.45, 2.75) is 96.8 Å². The van der Waals surface area contributed by atoms with E-state index in [2.05, 4.69) is 19.1 Å². The minimum atomic E-state index is -1.17. The van der Waals surface area contributed by atoms with Crippen LogP contribution in [0.3, 0.4) is 0 Å². The average molecular weight is 443 g/mol. The molecule has 0 saturated heterocycles. The summed E-state index contributed by atoms with van der Waals surface area (Å²) in [6.07, 6.45) is 20.7. The second-order valence-corrected chi connectivity index (χ2v) is 8.66. The third kappa shape index (κ3) is 18.6. The zero-order valence-corrected chi connectivity index (χ0v) is 19.4. The molecule has 0 spiro atoms. The number of aliphatic carboxylic acids is 3. The molecule has 0 fully saturated rings. The van der Waals surface area contributed by atoms with E-state index in [1.165, 1.54) is 64.2 Å².